The molecule has 26 heavy (non-hydrogen) atoms. The number of benzene rings is 2. The van der Waals surface area contributed by atoms with Gasteiger partial charge in [-0.2, -0.15) is 0 Å². The molecule has 6 nitrogen and oxygen atoms in total. The topological polar surface area (TPSA) is 63.4 Å². The molecule has 0 bridgehead atoms. The third kappa shape index (κ3) is 2.96. The second-order valence-corrected chi connectivity index (χ2v) is 6.27. The fourth-order valence-electron chi connectivity index (χ4n) is 3.21. The summed E-state index contributed by atoms with van der Waals surface area (Å²) in [6.45, 7) is 2.14. The summed E-state index contributed by atoms with van der Waals surface area (Å²) >= 11 is 0. The van der Waals surface area contributed by atoms with Crippen LogP contribution in [0.15, 0.2) is 42.6 Å². The number of nitrogens with zero attached hydrogens (tertiary/aromatic N) is 4. The zero-order valence-corrected chi connectivity index (χ0v) is 14.4. The van der Waals surface area contributed by atoms with Crippen LogP contribution in [-0.4, -0.2) is 40.3 Å². The minimum absolute atomic E-state index is 0.0607. The number of halogens is 1. The van der Waals surface area contributed by atoms with Gasteiger partial charge in [0.05, 0.1) is 19.0 Å². The molecule has 4 rings (SSSR count). The van der Waals surface area contributed by atoms with E-state index in [9.17, 15) is 9.50 Å². The fourth-order valence-corrected chi connectivity index (χ4v) is 3.21. The Kier molecular flexibility index (Phi) is 4.20. The molecule has 0 amide bonds. The minimum atomic E-state index is -0.759. The average molecular weight is 354 g/mol. The molecule has 134 valence electrons. The van der Waals surface area contributed by atoms with E-state index in [1.54, 1.807) is 10.9 Å². The molecule has 1 aliphatic rings. The first-order chi connectivity index (χ1) is 12.7. The van der Waals surface area contributed by atoms with Crippen molar-refractivity contribution in [2.75, 3.05) is 25.1 Å². The molecular formula is C19H19FN4O2. The van der Waals surface area contributed by atoms with E-state index in [1.165, 1.54) is 32.1 Å². The van der Waals surface area contributed by atoms with Gasteiger partial charge in [-0.15, -0.1) is 5.10 Å². The molecule has 0 aliphatic carbocycles. The average Bonchev–Trinajstić information content (AvgIpc) is 3.36. The molecule has 1 aliphatic heterocycles. The Bertz CT molecular complexity index is 935. The number of anilines is 1. The van der Waals surface area contributed by atoms with Crippen LogP contribution in [0.5, 0.6) is 11.5 Å². The van der Waals surface area contributed by atoms with E-state index < -0.39 is 11.6 Å². The summed E-state index contributed by atoms with van der Waals surface area (Å²) < 4.78 is 20.5. The number of phenols is 1. The first-order valence-corrected chi connectivity index (χ1v) is 8.50. The van der Waals surface area contributed by atoms with Crippen LogP contribution < -0.4 is 9.64 Å². The van der Waals surface area contributed by atoms with Gasteiger partial charge in [0, 0.05) is 24.3 Å². The summed E-state index contributed by atoms with van der Waals surface area (Å²) in [6.07, 6.45) is 4.16. The third-order valence-electron chi connectivity index (χ3n) is 4.60. The van der Waals surface area contributed by atoms with Gasteiger partial charge in [-0.3, -0.25) is 0 Å². The Labute approximate surface area is 150 Å². The van der Waals surface area contributed by atoms with Crippen molar-refractivity contribution in [2.45, 2.75) is 12.8 Å². The van der Waals surface area contributed by atoms with Crippen LogP contribution in [0.25, 0.3) is 16.9 Å². The molecule has 1 aromatic heterocycles. The highest BCUT2D eigenvalue weighted by Crippen LogP contribution is 2.34. The highest BCUT2D eigenvalue weighted by atomic mass is 19.1. The van der Waals surface area contributed by atoms with Gasteiger partial charge in [-0.05, 0) is 43.2 Å². The van der Waals surface area contributed by atoms with Gasteiger partial charge in [-0.25, -0.2) is 9.07 Å². The van der Waals surface area contributed by atoms with Crippen molar-refractivity contribution < 1.29 is 14.2 Å². The van der Waals surface area contributed by atoms with Crippen molar-refractivity contribution in [3.8, 4) is 28.4 Å². The highest BCUT2D eigenvalue weighted by molar-refractivity contribution is 5.64. The molecule has 0 saturated carbocycles. The number of hydrogen-bond donors (Lipinski definition) is 1. The predicted molar refractivity (Wildman–Crippen MR) is 96.4 cm³/mol. The molecular weight excluding hydrogens is 335 g/mol. The fraction of sp³-hybridized carbons (Fsp3) is 0.263. The Balaban J connectivity index is 1.66. The van der Waals surface area contributed by atoms with Crippen molar-refractivity contribution in [1.82, 2.24) is 15.0 Å². The maximum absolute atomic E-state index is 13.9. The van der Waals surface area contributed by atoms with E-state index in [1.807, 2.05) is 12.1 Å². The Morgan fingerprint density at radius 2 is 1.88 bits per heavy atom. The Morgan fingerprint density at radius 3 is 2.65 bits per heavy atom. The summed E-state index contributed by atoms with van der Waals surface area (Å²) in [5.74, 6) is -1.21. The van der Waals surface area contributed by atoms with E-state index in [-0.39, 0.29) is 5.75 Å². The monoisotopic (exact) mass is 354 g/mol. The van der Waals surface area contributed by atoms with Crippen molar-refractivity contribution in [3.05, 3.63) is 48.4 Å². The van der Waals surface area contributed by atoms with Crippen molar-refractivity contribution in [1.29, 1.82) is 0 Å². The number of hydrogen-bond acceptors (Lipinski definition) is 5. The highest BCUT2D eigenvalue weighted by Gasteiger charge is 2.15. The standard InChI is InChI=1S/C19H19FN4O2/c1-26-18-10-13(9-16(20)19(18)25)17-12-24(22-21-17)15-6-4-5-14(11-15)23-7-2-3-8-23/h4-6,9-12,25H,2-3,7-8H2,1H3. The Hall–Kier alpha value is -3.09. The lowest BCUT2D eigenvalue weighted by Crippen LogP contribution is -2.17. The molecule has 2 heterocycles. The normalized spacial score (nSPS) is 14.0. The second kappa shape index (κ2) is 6.67. The summed E-state index contributed by atoms with van der Waals surface area (Å²) in [5.41, 5.74) is 3.03. The van der Waals surface area contributed by atoms with Gasteiger partial charge in [-0.1, -0.05) is 11.3 Å². The first kappa shape index (κ1) is 16.4. The molecule has 0 atom stereocenters. The van der Waals surface area contributed by atoms with E-state index in [2.05, 4.69) is 27.3 Å². The van der Waals surface area contributed by atoms with Gasteiger partial charge in [0.25, 0.3) is 0 Å². The lowest BCUT2D eigenvalue weighted by atomic mass is 10.1. The van der Waals surface area contributed by atoms with Crippen molar-refractivity contribution in [3.63, 3.8) is 0 Å². The maximum Gasteiger partial charge on any atom is 0.194 e. The molecule has 1 N–H and O–H groups in total. The van der Waals surface area contributed by atoms with Crippen LogP contribution >= 0.6 is 0 Å². The number of aromatic hydroxyl groups is 1. The number of phenolic OH excluding ortho intramolecular Hbond substituents is 1. The first-order valence-electron chi connectivity index (χ1n) is 8.50. The molecule has 1 fully saturated rings. The van der Waals surface area contributed by atoms with Gasteiger partial charge in [0.1, 0.15) is 5.69 Å². The van der Waals surface area contributed by atoms with Crippen LogP contribution in [0.1, 0.15) is 12.8 Å². The van der Waals surface area contributed by atoms with E-state index in [4.69, 9.17) is 4.74 Å². The van der Waals surface area contributed by atoms with Gasteiger partial charge >= 0.3 is 0 Å². The summed E-state index contributed by atoms with van der Waals surface area (Å²) in [6, 6.07) is 10.9. The zero-order valence-electron chi connectivity index (χ0n) is 14.4. The number of aromatic nitrogens is 3. The number of methoxy groups -OCH3 is 1. The summed E-state index contributed by atoms with van der Waals surface area (Å²) in [7, 11) is 1.37. The van der Waals surface area contributed by atoms with Gasteiger partial charge in [0.2, 0.25) is 0 Å². The number of ether oxygens (including phenoxy) is 1. The lowest BCUT2D eigenvalue weighted by molar-refractivity contribution is 0.357. The summed E-state index contributed by atoms with van der Waals surface area (Å²) in [4.78, 5) is 2.35. The van der Waals surface area contributed by atoms with Gasteiger partial charge < -0.3 is 14.7 Å². The second-order valence-electron chi connectivity index (χ2n) is 6.27. The molecule has 7 heteroatoms. The number of rotatable bonds is 4. The largest absolute Gasteiger partial charge is 0.502 e. The SMILES string of the molecule is COc1cc(-c2cn(-c3cccc(N4CCCC4)c3)nn2)cc(F)c1O. The van der Waals surface area contributed by atoms with Gasteiger partial charge in [0.15, 0.2) is 17.3 Å². The molecule has 1 saturated heterocycles. The van der Waals surface area contributed by atoms with Crippen LogP contribution in [0.2, 0.25) is 0 Å². The molecule has 3 aromatic rings. The van der Waals surface area contributed by atoms with E-state index >= 15 is 0 Å². The summed E-state index contributed by atoms with van der Waals surface area (Å²) in [5, 5.41) is 17.9. The van der Waals surface area contributed by atoms with E-state index in [0.29, 0.717) is 11.3 Å². The van der Waals surface area contributed by atoms with E-state index in [0.717, 1.165) is 24.5 Å². The molecule has 0 radical (unpaired) electrons. The quantitative estimate of drug-likeness (QED) is 0.778. The molecule has 0 unspecified atom stereocenters. The minimum Gasteiger partial charge on any atom is -0.502 e. The molecule has 2 aromatic carbocycles. The zero-order chi connectivity index (χ0) is 18.1. The molecule has 0 spiro atoms. The third-order valence-corrected chi connectivity index (χ3v) is 4.60. The van der Waals surface area contributed by atoms with Crippen LogP contribution in [0, 0.1) is 5.82 Å². The van der Waals surface area contributed by atoms with Crippen molar-refractivity contribution >= 4 is 5.69 Å². The van der Waals surface area contributed by atoms with Crippen LogP contribution in [0.3, 0.4) is 0 Å². The predicted octanol–water partition coefficient (Wildman–Crippen LogP) is 3.39. The van der Waals surface area contributed by atoms with Crippen molar-refractivity contribution in [2.24, 2.45) is 0 Å². The maximum atomic E-state index is 13.9. The van der Waals surface area contributed by atoms with Crippen LogP contribution in [-0.2, 0) is 0 Å². The smallest absolute Gasteiger partial charge is 0.194 e. The van der Waals surface area contributed by atoms with Crippen LogP contribution in [0.4, 0.5) is 10.1 Å². The Morgan fingerprint density at radius 1 is 1.12 bits per heavy atom. The lowest BCUT2D eigenvalue weighted by Gasteiger charge is -2.18.